The number of benzene rings is 1. The van der Waals surface area contributed by atoms with Gasteiger partial charge in [-0.2, -0.15) is 0 Å². The highest BCUT2D eigenvalue weighted by molar-refractivity contribution is 5.27. The molecule has 0 aliphatic rings. The van der Waals surface area contributed by atoms with E-state index in [4.69, 9.17) is 11.5 Å². The highest BCUT2D eigenvalue weighted by Gasteiger charge is 2.07. The molecule has 1 aromatic carbocycles. The van der Waals surface area contributed by atoms with Gasteiger partial charge in [0, 0.05) is 6.04 Å². The minimum absolute atomic E-state index is 0.256. The summed E-state index contributed by atoms with van der Waals surface area (Å²) < 4.78 is 13.0. The average Bonchev–Trinajstić information content (AvgIpc) is 2.29. The van der Waals surface area contributed by atoms with Gasteiger partial charge in [0.1, 0.15) is 5.82 Å². The van der Waals surface area contributed by atoms with Crippen LogP contribution in [0.4, 0.5) is 4.39 Å². The lowest BCUT2D eigenvalue weighted by Gasteiger charge is -2.12. The fourth-order valence-electron chi connectivity index (χ4n) is 1.58. The maximum absolute atomic E-state index is 13.0. The number of allylic oxidation sites excluding steroid dienone is 3. The molecule has 2 nitrogen and oxygen atoms in total. The van der Waals surface area contributed by atoms with Gasteiger partial charge in [0.05, 0.1) is 0 Å². The summed E-state index contributed by atoms with van der Waals surface area (Å²) in [6.07, 6.45) is 7.31. The van der Waals surface area contributed by atoms with Crippen LogP contribution >= 0.6 is 0 Å². The van der Waals surface area contributed by atoms with Crippen LogP contribution in [0.5, 0.6) is 0 Å². The first-order chi connectivity index (χ1) is 8.17. The van der Waals surface area contributed by atoms with E-state index in [2.05, 4.69) is 6.58 Å². The Labute approximate surface area is 101 Å². The zero-order chi connectivity index (χ0) is 12.7. The van der Waals surface area contributed by atoms with Crippen molar-refractivity contribution in [2.24, 2.45) is 11.5 Å². The SMILES string of the molecule is C=C/C=C(\C=C/N)CC(N)c1cccc(F)c1. The molecular weight excluding hydrogens is 215 g/mol. The zero-order valence-corrected chi connectivity index (χ0v) is 9.64. The van der Waals surface area contributed by atoms with Crippen LogP contribution in [0, 0.1) is 5.82 Å². The van der Waals surface area contributed by atoms with E-state index in [-0.39, 0.29) is 11.9 Å². The highest BCUT2D eigenvalue weighted by atomic mass is 19.1. The minimum atomic E-state index is -0.276. The Hall–Kier alpha value is -1.87. The van der Waals surface area contributed by atoms with Crippen molar-refractivity contribution >= 4 is 0 Å². The molecule has 17 heavy (non-hydrogen) atoms. The predicted octanol–water partition coefficient (Wildman–Crippen LogP) is 2.80. The van der Waals surface area contributed by atoms with Gasteiger partial charge in [-0.1, -0.05) is 30.9 Å². The summed E-state index contributed by atoms with van der Waals surface area (Å²) in [5.41, 5.74) is 13.1. The van der Waals surface area contributed by atoms with Crippen LogP contribution in [0.3, 0.4) is 0 Å². The van der Waals surface area contributed by atoms with Gasteiger partial charge in [0.2, 0.25) is 0 Å². The third-order valence-electron chi connectivity index (χ3n) is 2.37. The maximum atomic E-state index is 13.0. The van der Waals surface area contributed by atoms with Crippen molar-refractivity contribution in [2.45, 2.75) is 12.5 Å². The van der Waals surface area contributed by atoms with Crippen LogP contribution < -0.4 is 11.5 Å². The molecule has 90 valence electrons. The molecule has 0 bridgehead atoms. The fourth-order valence-corrected chi connectivity index (χ4v) is 1.58. The third kappa shape index (κ3) is 4.25. The molecule has 0 aliphatic heterocycles. The number of hydrogen-bond donors (Lipinski definition) is 2. The Morgan fingerprint density at radius 2 is 2.24 bits per heavy atom. The number of rotatable bonds is 5. The lowest BCUT2D eigenvalue weighted by atomic mass is 9.99. The van der Waals surface area contributed by atoms with Crippen molar-refractivity contribution in [3.8, 4) is 0 Å². The Morgan fingerprint density at radius 1 is 1.47 bits per heavy atom. The summed E-state index contributed by atoms with van der Waals surface area (Å²) >= 11 is 0. The molecule has 0 radical (unpaired) electrons. The van der Waals surface area contributed by atoms with Crippen molar-refractivity contribution in [1.82, 2.24) is 0 Å². The van der Waals surface area contributed by atoms with E-state index in [1.54, 1.807) is 18.2 Å². The zero-order valence-electron chi connectivity index (χ0n) is 9.64. The summed E-state index contributed by atoms with van der Waals surface area (Å²) in [6, 6.07) is 6.05. The second kappa shape index (κ2) is 6.66. The van der Waals surface area contributed by atoms with Crippen LogP contribution in [0.25, 0.3) is 0 Å². The Kier molecular flexibility index (Phi) is 5.17. The normalized spacial score (nSPS) is 13.9. The lowest BCUT2D eigenvalue weighted by molar-refractivity contribution is 0.619. The van der Waals surface area contributed by atoms with E-state index >= 15 is 0 Å². The summed E-state index contributed by atoms with van der Waals surface area (Å²) in [4.78, 5) is 0. The number of halogens is 1. The van der Waals surface area contributed by atoms with Gasteiger partial charge >= 0.3 is 0 Å². The molecule has 0 fully saturated rings. The van der Waals surface area contributed by atoms with Crippen LogP contribution in [0.2, 0.25) is 0 Å². The van der Waals surface area contributed by atoms with Crippen molar-refractivity contribution in [3.05, 3.63) is 72.2 Å². The third-order valence-corrected chi connectivity index (χ3v) is 2.37. The molecule has 1 unspecified atom stereocenters. The smallest absolute Gasteiger partial charge is 0.123 e. The molecule has 1 aromatic rings. The molecule has 1 rings (SSSR count). The number of nitrogens with two attached hydrogens (primary N) is 2. The van der Waals surface area contributed by atoms with Gasteiger partial charge in [-0.25, -0.2) is 4.39 Å². The van der Waals surface area contributed by atoms with E-state index in [1.807, 2.05) is 12.1 Å². The summed E-state index contributed by atoms with van der Waals surface area (Å²) in [5.74, 6) is -0.276. The molecule has 0 amide bonds. The molecule has 4 N–H and O–H groups in total. The van der Waals surface area contributed by atoms with Gasteiger partial charge in [-0.3, -0.25) is 0 Å². The molecule has 1 atom stereocenters. The molecule has 0 spiro atoms. The van der Waals surface area contributed by atoms with Crippen LogP contribution in [0.15, 0.2) is 60.8 Å². The Balaban J connectivity index is 2.80. The van der Waals surface area contributed by atoms with E-state index in [9.17, 15) is 4.39 Å². The van der Waals surface area contributed by atoms with Gasteiger partial charge in [-0.05, 0) is 42.0 Å². The molecule has 0 heterocycles. The standard InChI is InChI=1S/C14H17FN2/c1-2-4-11(7-8-16)9-14(17)12-5-3-6-13(15)10-12/h2-8,10,14H,1,9,16-17H2/b8-7-,11-4+. The van der Waals surface area contributed by atoms with Crippen molar-refractivity contribution in [1.29, 1.82) is 0 Å². The summed E-state index contributed by atoms with van der Waals surface area (Å²) in [6.45, 7) is 3.62. The lowest BCUT2D eigenvalue weighted by Crippen LogP contribution is -2.11. The van der Waals surface area contributed by atoms with Gasteiger partial charge < -0.3 is 11.5 Å². The quantitative estimate of drug-likeness (QED) is 0.767. The predicted molar refractivity (Wildman–Crippen MR) is 69.6 cm³/mol. The van der Waals surface area contributed by atoms with Gasteiger partial charge in [0.25, 0.3) is 0 Å². The summed E-state index contributed by atoms with van der Waals surface area (Å²) in [7, 11) is 0. The molecule has 0 saturated heterocycles. The first-order valence-corrected chi connectivity index (χ1v) is 5.38. The monoisotopic (exact) mass is 232 g/mol. The average molecular weight is 232 g/mol. The largest absolute Gasteiger partial charge is 0.405 e. The molecule has 0 aliphatic carbocycles. The van der Waals surface area contributed by atoms with Gasteiger partial charge in [0.15, 0.2) is 0 Å². The molecule has 0 aromatic heterocycles. The molecular formula is C14H17FN2. The Morgan fingerprint density at radius 3 is 2.82 bits per heavy atom. The van der Waals surface area contributed by atoms with Crippen molar-refractivity contribution in [2.75, 3.05) is 0 Å². The van der Waals surface area contributed by atoms with Crippen molar-refractivity contribution in [3.63, 3.8) is 0 Å². The highest BCUT2D eigenvalue weighted by Crippen LogP contribution is 2.20. The fraction of sp³-hybridized carbons (Fsp3) is 0.143. The van der Waals surface area contributed by atoms with E-state index in [0.717, 1.165) is 11.1 Å². The van der Waals surface area contributed by atoms with Crippen molar-refractivity contribution < 1.29 is 4.39 Å². The van der Waals surface area contributed by atoms with Crippen LogP contribution in [-0.2, 0) is 0 Å². The topological polar surface area (TPSA) is 52.0 Å². The Bertz CT molecular complexity index is 436. The minimum Gasteiger partial charge on any atom is -0.405 e. The van der Waals surface area contributed by atoms with E-state index < -0.39 is 0 Å². The summed E-state index contributed by atoms with van der Waals surface area (Å²) in [5, 5.41) is 0. The second-order valence-electron chi connectivity index (χ2n) is 3.70. The molecule has 0 saturated carbocycles. The van der Waals surface area contributed by atoms with Crippen LogP contribution in [0.1, 0.15) is 18.0 Å². The first-order valence-electron chi connectivity index (χ1n) is 5.38. The maximum Gasteiger partial charge on any atom is 0.123 e. The van der Waals surface area contributed by atoms with Gasteiger partial charge in [-0.15, -0.1) is 0 Å². The molecule has 3 heteroatoms. The first kappa shape index (κ1) is 13.2. The van der Waals surface area contributed by atoms with E-state index in [1.165, 1.54) is 18.3 Å². The van der Waals surface area contributed by atoms with Crippen LogP contribution in [-0.4, -0.2) is 0 Å². The van der Waals surface area contributed by atoms with E-state index in [0.29, 0.717) is 6.42 Å². The second-order valence-corrected chi connectivity index (χ2v) is 3.70. The number of hydrogen-bond acceptors (Lipinski definition) is 2.